The Hall–Kier alpha value is -3.00. The van der Waals surface area contributed by atoms with Gasteiger partial charge in [0.25, 0.3) is 5.91 Å². The molecule has 2 saturated heterocycles. The van der Waals surface area contributed by atoms with Gasteiger partial charge in [0.1, 0.15) is 17.0 Å². The number of hydrogen-bond donors (Lipinski definition) is 1. The Morgan fingerprint density at radius 3 is 2.77 bits per heavy atom. The van der Waals surface area contributed by atoms with E-state index in [1.54, 1.807) is 6.33 Å². The highest BCUT2D eigenvalue weighted by molar-refractivity contribution is 7.20. The van der Waals surface area contributed by atoms with Gasteiger partial charge in [-0.1, -0.05) is 30.3 Å². The smallest absolute Gasteiger partial charge is 0.264 e. The average Bonchev–Trinajstić information content (AvgIpc) is 3.34. The van der Waals surface area contributed by atoms with Crippen LogP contribution in [0.15, 0.2) is 36.7 Å². The highest BCUT2D eigenvalue weighted by Gasteiger charge is 2.26. The van der Waals surface area contributed by atoms with Crippen LogP contribution in [-0.4, -0.2) is 64.3 Å². The van der Waals surface area contributed by atoms with Gasteiger partial charge in [0.05, 0.1) is 10.3 Å². The van der Waals surface area contributed by atoms with Crippen molar-refractivity contribution in [2.45, 2.75) is 51.4 Å². The number of carbonyl (C=O) groups excluding carboxylic acids is 2. The van der Waals surface area contributed by atoms with Crippen LogP contribution in [0.25, 0.3) is 10.2 Å². The predicted molar refractivity (Wildman–Crippen MR) is 140 cm³/mol. The number of aromatic nitrogens is 2. The first-order valence-corrected chi connectivity index (χ1v) is 13.5. The van der Waals surface area contributed by atoms with Gasteiger partial charge in [0.15, 0.2) is 0 Å². The lowest BCUT2D eigenvalue weighted by molar-refractivity contribution is -0.127. The van der Waals surface area contributed by atoms with Crippen LogP contribution in [0.1, 0.15) is 65.2 Å². The molecule has 1 aromatic carbocycles. The van der Waals surface area contributed by atoms with Crippen molar-refractivity contribution in [1.29, 1.82) is 0 Å². The maximum absolute atomic E-state index is 13.6. The molecule has 5 rings (SSSR count). The number of hydrogen-bond acceptors (Lipinski definition) is 6. The van der Waals surface area contributed by atoms with Gasteiger partial charge in [-0.05, 0) is 56.1 Å². The number of rotatable bonds is 7. The first-order valence-electron chi connectivity index (χ1n) is 12.7. The van der Waals surface area contributed by atoms with Gasteiger partial charge in [-0.15, -0.1) is 11.3 Å². The van der Waals surface area contributed by atoms with Crippen molar-refractivity contribution in [3.05, 3.63) is 52.7 Å². The monoisotopic (exact) mass is 491 g/mol. The van der Waals surface area contributed by atoms with Gasteiger partial charge in [-0.3, -0.25) is 9.59 Å². The van der Waals surface area contributed by atoms with E-state index in [1.807, 2.05) is 16.7 Å². The van der Waals surface area contributed by atoms with Crippen LogP contribution in [0.2, 0.25) is 0 Å². The number of thiophene rings is 1. The maximum atomic E-state index is 13.6. The van der Waals surface area contributed by atoms with E-state index < -0.39 is 0 Å². The molecule has 8 heteroatoms. The zero-order valence-corrected chi connectivity index (χ0v) is 21.1. The first-order chi connectivity index (χ1) is 17.1. The molecule has 184 valence electrons. The zero-order valence-electron chi connectivity index (χ0n) is 20.3. The Morgan fingerprint density at radius 2 is 1.97 bits per heavy atom. The molecular formula is C27H33N5O2S. The molecule has 0 radical (unpaired) electrons. The number of likely N-dealkylation sites (tertiary alicyclic amines) is 2. The molecule has 2 aromatic heterocycles. The predicted octanol–water partition coefficient (Wildman–Crippen LogP) is 4.83. The van der Waals surface area contributed by atoms with Crippen molar-refractivity contribution < 1.29 is 9.59 Å². The number of benzene rings is 1. The van der Waals surface area contributed by atoms with E-state index in [4.69, 9.17) is 0 Å². The van der Waals surface area contributed by atoms with E-state index in [0.717, 1.165) is 91.3 Å². The second kappa shape index (κ2) is 10.7. The molecule has 4 heterocycles. The van der Waals surface area contributed by atoms with Crippen LogP contribution in [0.3, 0.4) is 0 Å². The van der Waals surface area contributed by atoms with Crippen LogP contribution >= 0.6 is 11.3 Å². The Balaban J connectivity index is 1.26. The summed E-state index contributed by atoms with van der Waals surface area (Å²) in [4.78, 5) is 39.9. The summed E-state index contributed by atoms with van der Waals surface area (Å²) < 4.78 is 0. The fourth-order valence-electron chi connectivity index (χ4n) is 5.33. The Labute approximate surface area is 210 Å². The highest BCUT2D eigenvalue weighted by Crippen LogP contribution is 2.35. The molecule has 2 aliphatic heterocycles. The molecule has 0 spiro atoms. The largest absolute Gasteiger partial charge is 0.369 e. The molecule has 1 N–H and O–H groups in total. The fraction of sp³-hybridized carbons (Fsp3) is 0.481. The molecule has 0 unspecified atom stereocenters. The number of carbonyl (C=O) groups is 2. The summed E-state index contributed by atoms with van der Waals surface area (Å²) in [6.45, 7) is 5.94. The quantitative estimate of drug-likeness (QED) is 0.479. The number of fused-ring (bicyclic) bond motifs is 1. The maximum Gasteiger partial charge on any atom is 0.264 e. The van der Waals surface area contributed by atoms with Crippen molar-refractivity contribution >= 4 is 39.2 Å². The number of amides is 2. The molecule has 1 atom stereocenters. The number of nitrogens with zero attached hydrogens (tertiary/aromatic N) is 4. The number of aryl methyl sites for hydroxylation is 1. The number of nitrogens with one attached hydrogen (secondary N) is 1. The summed E-state index contributed by atoms with van der Waals surface area (Å²) >= 11 is 1.47. The van der Waals surface area contributed by atoms with Gasteiger partial charge >= 0.3 is 0 Å². The summed E-state index contributed by atoms with van der Waals surface area (Å²) in [5.41, 5.74) is 2.33. The van der Waals surface area contributed by atoms with Crippen LogP contribution in [0.4, 0.5) is 5.82 Å². The highest BCUT2D eigenvalue weighted by atomic mass is 32.1. The Kier molecular flexibility index (Phi) is 7.27. The minimum absolute atomic E-state index is 0.109. The van der Waals surface area contributed by atoms with Crippen LogP contribution in [0, 0.1) is 6.92 Å². The lowest BCUT2D eigenvalue weighted by atomic mass is 9.92. The Bertz CT molecular complexity index is 1200. The van der Waals surface area contributed by atoms with E-state index in [2.05, 4.69) is 45.6 Å². The van der Waals surface area contributed by atoms with Crippen molar-refractivity contribution in [3.8, 4) is 0 Å². The van der Waals surface area contributed by atoms with Gasteiger partial charge in [0, 0.05) is 39.1 Å². The molecule has 2 amide bonds. The van der Waals surface area contributed by atoms with E-state index in [9.17, 15) is 9.59 Å². The Morgan fingerprint density at radius 1 is 1.11 bits per heavy atom. The average molecular weight is 492 g/mol. The van der Waals surface area contributed by atoms with Crippen LogP contribution < -0.4 is 5.32 Å². The molecule has 0 bridgehead atoms. The summed E-state index contributed by atoms with van der Waals surface area (Å²) in [6.07, 6.45) is 7.19. The normalized spacial score (nSPS) is 18.8. The van der Waals surface area contributed by atoms with Crippen molar-refractivity contribution in [2.75, 3.05) is 38.0 Å². The fourth-order valence-corrected chi connectivity index (χ4v) is 6.45. The molecule has 0 saturated carbocycles. The second-order valence-electron chi connectivity index (χ2n) is 9.55. The van der Waals surface area contributed by atoms with Gasteiger partial charge in [-0.2, -0.15) is 0 Å². The lowest BCUT2D eigenvalue weighted by Crippen LogP contribution is -2.31. The second-order valence-corrected chi connectivity index (χ2v) is 10.6. The molecule has 35 heavy (non-hydrogen) atoms. The molecule has 2 fully saturated rings. The van der Waals surface area contributed by atoms with Crippen molar-refractivity contribution in [3.63, 3.8) is 0 Å². The third-order valence-electron chi connectivity index (χ3n) is 7.28. The van der Waals surface area contributed by atoms with E-state index in [0.29, 0.717) is 12.3 Å². The van der Waals surface area contributed by atoms with Crippen LogP contribution in [-0.2, 0) is 4.79 Å². The van der Waals surface area contributed by atoms with Gasteiger partial charge < -0.3 is 15.1 Å². The van der Waals surface area contributed by atoms with Crippen LogP contribution in [0.5, 0.6) is 0 Å². The van der Waals surface area contributed by atoms with Crippen molar-refractivity contribution in [1.82, 2.24) is 19.8 Å². The molecule has 7 nitrogen and oxygen atoms in total. The summed E-state index contributed by atoms with van der Waals surface area (Å²) in [5, 5.41) is 4.37. The molecule has 3 aromatic rings. The van der Waals surface area contributed by atoms with E-state index in [-0.39, 0.29) is 11.8 Å². The molecular weight excluding hydrogens is 458 g/mol. The van der Waals surface area contributed by atoms with Gasteiger partial charge in [-0.25, -0.2) is 9.97 Å². The number of anilines is 1. The standard InChI is InChI=1S/C27H33N5O2S/c1-19-23-25(28-13-7-16-31-14-6-11-22(31)33)29-18-30-26(23)35-24(19)27(34)32-15-5-10-21(12-17-32)20-8-3-2-4-9-20/h2-4,8-9,18,21H,5-7,10-17H2,1H3,(H,28,29,30)/t21-/m0/s1. The molecule has 0 aliphatic carbocycles. The minimum Gasteiger partial charge on any atom is -0.369 e. The summed E-state index contributed by atoms with van der Waals surface area (Å²) in [5.74, 6) is 1.65. The SMILES string of the molecule is Cc1c(C(=O)N2CCC[C@H](c3ccccc3)CC2)sc2ncnc(NCCCN3CCCC3=O)c12. The van der Waals surface area contributed by atoms with E-state index >= 15 is 0 Å². The third kappa shape index (κ3) is 5.17. The minimum atomic E-state index is 0.109. The first kappa shape index (κ1) is 23.7. The third-order valence-corrected chi connectivity index (χ3v) is 8.46. The zero-order chi connectivity index (χ0) is 24.2. The topological polar surface area (TPSA) is 78.4 Å². The lowest BCUT2D eigenvalue weighted by Gasteiger charge is -2.20. The van der Waals surface area contributed by atoms with Gasteiger partial charge in [0.2, 0.25) is 5.91 Å². The van der Waals surface area contributed by atoms with E-state index in [1.165, 1.54) is 16.9 Å². The summed E-state index contributed by atoms with van der Waals surface area (Å²) in [6, 6.07) is 10.7. The summed E-state index contributed by atoms with van der Waals surface area (Å²) in [7, 11) is 0. The molecule has 2 aliphatic rings. The van der Waals surface area contributed by atoms with Crippen molar-refractivity contribution in [2.24, 2.45) is 0 Å².